The first-order valence-electron chi connectivity index (χ1n) is 8.55. The minimum atomic E-state index is -3.49. The van der Waals surface area contributed by atoms with E-state index in [1.165, 1.54) is 4.31 Å². The number of hydrogen-bond acceptors (Lipinski definition) is 4. The molecule has 1 saturated heterocycles. The first-order valence-corrected chi connectivity index (χ1v) is 9.99. The van der Waals surface area contributed by atoms with Crippen LogP contribution in [0.5, 0.6) is 0 Å². The van der Waals surface area contributed by atoms with Gasteiger partial charge in [0.1, 0.15) is 0 Å². The highest BCUT2D eigenvalue weighted by Gasteiger charge is 2.29. The van der Waals surface area contributed by atoms with Crippen molar-refractivity contribution in [2.45, 2.75) is 31.2 Å². The van der Waals surface area contributed by atoms with Crippen LogP contribution in [0.15, 0.2) is 41.8 Å². The van der Waals surface area contributed by atoms with E-state index >= 15 is 0 Å². The number of nitrogens with zero attached hydrogens (tertiary/aromatic N) is 2. The molecule has 7 heteroatoms. The Labute approximate surface area is 150 Å². The molecule has 25 heavy (non-hydrogen) atoms. The van der Waals surface area contributed by atoms with Gasteiger partial charge in [0.25, 0.3) is 0 Å². The first kappa shape index (κ1) is 19.6. The average Bonchev–Trinajstić information content (AvgIpc) is 2.86. The number of amides is 1. The lowest BCUT2D eigenvalue weighted by Crippen LogP contribution is -2.46. The summed E-state index contributed by atoms with van der Waals surface area (Å²) < 4.78 is 27.2. The Morgan fingerprint density at radius 3 is 2.56 bits per heavy atom. The van der Waals surface area contributed by atoms with Gasteiger partial charge >= 0.3 is 0 Å². The van der Waals surface area contributed by atoms with Crippen molar-refractivity contribution in [3.63, 3.8) is 0 Å². The maximum atomic E-state index is 12.8. The van der Waals surface area contributed by atoms with Crippen LogP contribution in [0.1, 0.15) is 18.9 Å². The first-order chi connectivity index (χ1) is 11.9. The van der Waals surface area contributed by atoms with E-state index in [0.29, 0.717) is 44.0 Å². The molecule has 0 bridgehead atoms. The zero-order chi connectivity index (χ0) is 18.4. The highest BCUT2D eigenvalue weighted by atomic mass is 32.2. The van der Waals surface area contributed by atoms with E-state index < -0.39 is 10.0 Å². The van der Waals surface area contributed by atoms with Crippen LogP contribution >= 0.6 is 0 Å². The number of carbonyl (C=O) groups excluding carboxylic acids is 1. The van der Waals surface area contributed by atoms with Crippen LogP contribution in [-0.2, 0) is 14.8 Å². The largest absolute Gasteiger partial charge is 0.351 e. The number of carbonyl (C=O) groups is 1. The molecule has 1 fully saturated rings. The summed E-state index contributed by atoms with van der Waals surface area (Å²) in [7, 11) is -3.49. The molecule has 0 radical (unpaired) electrons. The lowest BCUT2D eigenvalue weighted by Gasteiger charge is -2.26. The number of nitrogens with one attached hydrogen (secondary N) is 1. The number of aryl methyl sites for hydroxylation is 1. The Balaban J connectivity index is 2.04. The van der Waals surface area contributed by atoms with Crippen LogP contribution in [0.25, 0.3) is 0 Å². The highest BCUT2D eigenvalue weighted by Crippen LogP contribution is 2.19. The molecule has 0 aliphatic carbocycles. The molecule has 0 spiro atoms. The lowest BCUT2D eigenvalue weighted by molar-refractivity contribution is -0.125. The second-order valence-corrected chi connectivity index (χ2v) is 8.25. The van der Waals surface area contributed by atoms with E-state index in [-0.39, 0.29) is 11.9 Å². The molecular weight excluding hydrogens is 338 g/mol. The SMILES string of the molecule is C=CCNC(=O)C(C)N1CCCN(S(=O)(=O)c2ccc(C)cc2)CC1. The van der Waals surface area contributed by atoms with Gasteiger partial charge in [-0.25, -0.2) is 8.42 Å². The molecule has 1 unspecified atom stereocenters. The van der Waals surface area contributed by atoms with Crippen molar-refractivity contribution in [2.24, 2.45) is 0 Å². The van der Waals surface area contributed by atoms with Crippen molar-refractivity contribution < 1.29 is 13.2 Å². The maximum absolute atomic E-state index is 12.8. The summed E-state index contributed by atoms with van der Waals surface area (Å²) in [6.45, 7) is 9.89. The van der Waals surface area contributed by atoms with Gasteiger partial charge in [0.2, 0.25) is 15.9 Å². The zero-order valence-corrected chi connectivity index (χ0v) is 15.8. The molecule has 1 aromatic carbocycles. The molecule has 138 valence electrons. The molecular formula is C18H27N3O3S. The summed E-state index contributed by atoms with van der Waals surface area (Å²) in [5.74, 6) is -0.0604. The van der Waals surface area contributed by atoms with Gasteiger partial charge in [0, 0.05) is 32.7 Å². The second-order valence-electron chi connectivity index (χ2n) is 6.32. The van der Waals surface area contributed by atoms with Crippen molar-refractivity contribution in [2.75, 3.05) is 32.7 Å². The topological polar surface area (TPSA) is 69.7 Å². The monoisotopic (exact) mass is 365 g/mol. The van der Waals surface area contributed by atoms with E-state index in [9.17, 15) is 13.2 Å². The summed E-state index contributed by atoms with van der Waals surface area (Å²) >= 11 is 0. The number of hydrogen-bond donors (Lipinski definition) is 1. The fourth-order valence-corrected chi connectivity index (χ4v) is 4.36. The smallest absolute Gasteiger partial charge is 0.243 e. The zero-order valence-electron chi connectivity index (χ0n) is 14.9. The predicted molar refractivity (Wildman–Crippen MR) is 98.8 cm³/mol. The van der Waals surface area contributed by atoms with Crippen molar-refractivity contribution in [1.29, 1.82) is 0 Å². The normalized spacial score (nSPS) is 18.3. The summed E-state index contributed by atoms with van der Waals surface area (Å²) in [6.07, 6.45) is 2.34. The average molecular weight is 365 g/mol. The predicted octanol–water partition coefficient (Wildman–Crippen LogP) is 1.38. The summed E-state index contributed by atoms with van der Waals surface area (Å²) in [5.41, 5.74) is 1.03. The molecule has 1 aromatic rings. The van der Waals surface area contributed by atoms with Crippen LogP contribution in [0.2, 0.25) is 0 Å². The van der Waals surface area contributed by atoms with Crippen molar-refractivity contribution in [3.8, 4) is 0 Å². The number of sulfonamides is 1. The van der Waals surface area contributed by atoms with E-state index in [1.807, 2.05) is 30.9 Å². The van der Waals surface area contributed by atoms with Crippen LogP contribution in [0, 0.1) is 6.92 Å². The third-order valence-corrected chi connectivity index (χ3v) is 6.41. The second kappa shape index (κ2) is 8.60. The Kier molecular flexibility index (Phi) is 6.75. The highest BCUT2D eigenvalue weighted by molar-refractivity contribution is 7.89. The van der Waals surface area contributed by atoms with Crippen molar-refractivity contribution in [1.82, 2.24) is 14.5 Å². The van der Waals surface area contributed by atoms with Crippen LogP contribution in [0.4, 0.5) is 0 Å². The third-order valence-electron chi connectivity index (χ3n) is 4.50. The lowest BCUT2D eigenvalue weighted by atomic mass is 10.2. The van der Waals surface area contributed by atoms with E-state index in [1.54, 1.807) is 18.2 Å². The molecule has 0 aromatic heterocycles. The van der Waals surface area contributed by atoms with Gasteiger partial charge in [-0.1, -0.05) is 23.8 Å². The van der Waals surface area contributed by atoms with Gasteiger partial charge < -0.3 is 5.32 Å². The third kappa shape index (κ3) is 4.90. The summed E-state index contributed by atoms with van der Waals surface area (Å²) in [5, 5.41) is 2.79. The molecule has 1 N–H and O–H groups in total. The summed E-state index contributed by atoms with van der Waals surface area (Å²) in [4.78, 5) is 14.5. The molecule has 1 amide bonds. The summed E-state index contributed by atoms with van der Waals surface area (Å²) in [6, 6.07) is 6.63. The minimum Gasteiger partial charge on any atom is -0.351 e. The van der Waals surface area contributed by atoms with Crippen LogP contribution in [-0.4, -0.2) is 62.3 Å². The molecule has 2 rings (SSSR count). The van der Waals surface area contributed by atoms with Gasteiger partial charge in [-0.05, 0) is 32.4 Å². The number of benzene rings is 1. The van der Waals surface area contributed by atoms with Crippen LogP contribution in [0.3, 0.4) is 0 Å². The van der Waals surface area contributed by atoms with Crippen molar-refractivity contribution >= 4 is 15.9 Å². The fraction of sp³-hybridized carbons (Fsp3) is 0.500. The van der Waals surface area contributed by atoms with Gasteiger partial charge in [0.15, 0.2) is 0 Å². The quantitative estimate of drug-likeness (QED) is 0.774. The fourth-order valence-electron chi connectivity index (χ4n) is 2.89. The molecule has 6 nitrogen and oxygen atoms in total. The van der Waals surface area contributed by atoms with Gasteiger partial charge in [0.05, 0.1) is 10.9 Å². The van der Waals surface area contributed by atoms with Crippen molar-refractivity contribution in [3.05, 3.63) is 42.5 Å². The Hall–Kier alpha value is -1.70. The van der Waals surface area contributed by atoms with Crippen LogP contribution < -0.4 is 5.32 Å². The molecule has 1 heterocycles. The Morgan fingerprint density at radius 2 is 1.92 bits per heavy atom. The number of rotatable bonds is 6. The Morgan fingerprint density at radius 1 is 1.24 bits per heavy atom. The Bertz CT molecular complexity index is 701. The standard InChI is InChI=1S/C18H27N3O3S/c1-4-10-19-18(22)16(3)20-11-5-12-21(14-13-20)25(23,24)17-8-6-15(2)7-9-17/h4,6-9,16H,1,5,10-14H2,2-3H3,(H,19,22). The molecule has 1 aliphatic rings. The van der Waals surface area contributed by atoms with Gasteiger partial charge in [-0.3, -0.25) is 9.69 Å². The molecule has 1 aliphatic heterocycles. The minimum absolute atomic E-state index is 0.0604. The van der Waals surface area contributed by atoms with E-state index in [0.717, 1.165) is 5.56 Å². The van der Waals surface area contributed by atoms with Gasteiger partial charge in [-0.15, -0.1) is 6.58 Å². The van der Waals surface area contributed by atoms with E-state index in [4.69, 9.17) is 0 Å². The van der Waals surface area contributed by atoms with Gasteiger partial charge in [-0.2, -0.15) is 4.31 Å². The maximum Gasteiger partial charge on any atom is 0.243 e. The van der Waals surface area contributed by atoms with E-state index in [2.05, 4.69) is 11.9 Å². The molecule has 1 atom stereocenters. The molecule has 0 saturated carbocycles.